The summed E-state index contributed by atoms with van der Waals surface area (Å²) < 4.78 is 31.6. The highest BCUT2D eigenvalue weighted by molar-refractivity contribution is 5.67. The van der Waals surface area contributed by atoms with E-state index in [9.17, 15) is 13.6 Å². The van der Waals surface area contributed by atoms with Gasteiger partial charge in [0.25, 0.3) is 0 Å². The Balaban J connectivity index is 2.01. The van der Waals surface area contributed by atoms with Crippen LogP contribution >= 0.6 is 0 Å². The van der Waals surface area contributed by atoms with Crippen LogP contribution in [0.5, 0.6) is 0 Å². The molecule has 0 aromatic heterocycles. The van der Waals surface area contributed by atoms with Crippen molar-refractivity contribution in [2.75, 3.05) is 0 Å². The lowest BCUT2D eigenvalue weighted by Crippen LogP contribution is -2.20. The Morgan fingerprint density at radius 3 is 2.55 bits per heavy atom. The van der Waals surface area contributed by atoms with Gasteiger partial charge < -0.3 is 10.5 Å². The summed E-state index contributed by atoms with van der Waals surface area (Å²) in [5.41, 5.74) is 8.40. The molecule has 5 heteroatoms. The van der Waals surface area contributed by atoms with Crippen molar-refractivity contribution in [1.82, 2.24) is 0 Å². The van der Waals surface area contributed by atoms with Crippen LogP contribution in [-0.4, -0.2) is 6.09 Å². The molecule has 0 aliphatic heterocycles. The maximum atomic E-state index is 13.4. The van der Waals surface area contributed by atoms with Gasteiger partial charge in [-0.25, -0.2) is 13.6 Å². The van der Waals surface area contributed by atoms with E-state index in [2.05, 4.69) is 0 Å². The maximum absolute atomic E-state index is 13.4. The van der Waals surface area contributed by atoms with Crippen LogP contribution < -0.4 is 5.73 Å². The molecule has 1 aliphatic rings. The van der Waals surface area contributed by atoms with Crippen molar-refractivity contribution in [2.24, 2.45) is 5.73 Å². The second-order valence-corrected chi connectivity index (χ2v) is 5.36. The molecule has 0 bridgehead atoms. The lowest BCUT2D eigenvalue weighted by atomic mass is 9.87. The molecule has 2 N–H and O–H groups in total. The van der Waals surface area contributed by atoms with Crippen LogP contribution in [0.1, 0.15) is 30.1 Å². The van der Waals surface area contributed by atoms with Crippen molar-refractivity contribution in [3.63, 3.8) is 0 Å². The summed E-state index contributed by atoms with van der Waals surface area (Å²) >= 11 is 0. The Bertz CT molecular complexity index is 731. The van der Waals surface area contributed by atoms with E-state index in [-0.39, 0.29) is 6.10 Å². The Hall–Kier alpha value is -2.43. The lowest BCUT2D eigenvalue weighted by molar-refractivity contribution is 0.0959. The molecule has 1 atom stereocenters. The van der Waals surface area contributed by atoms with E-state index < -0.39 is 17.7 Å². The van der Waals surface area contributed by atoms with Gasteiger partial charge in [-0.3, -0.25) is 0 Å². The van der Waals surface area contributed by atoms with Gasteiger partial charge in [-0.15, -0.1) is 0 Å². The molecule has 1 aliphatic carbocycles. The Morgan fingerprint density at radius 2 is 1.82 bits per heavy atom. The fourth-order valence-electron chi connectivity index (χ4n) is 2.87. The van der Waals surface area contributed by atoms with Crippen LogP contribution in [0, 0.1) is 11.6 Å². The summed E-state index contributed by atoms with van der Waals surface area (Å²) in [7, 11) is 0. The Morgan fingerprint density at radius 1 is 1.09 bits per heavy atom. The number of hydrogen-bond acceptors (Lipinski definition) is 2. The lowest BCUT2D eigenvalue weighted by Gasteiger charge is -2.25. The molecule has 2 aromatic carbocycles. The number of benzene rings is 2. The molecule has 0 spiro atoms. The minimum absolute atomic E-state index is 0.383. The number of ether oxygens (including phenoxy) is 1. The number of halogens is 2. The van der Waals surface area contributed by atoms with Gasteiger partial charge in [0.2, 0.25) is 0 Å². The summed E-state index contributed by atoms with van der Waals surface area (Å²) in [5, 5.41) is 0. The molecule has 3 rings (SSSR count). The fourth-order valence-corrected chi connectivity index (χ4v) is 2.87. The molecular weight excluding hydrogens is 288 g/mol. The van der Waals surface area contributed by atoms with E-state index in [0.717, 1.165) is 41.7 Å². The van der Waals surface area contributed by atoms with Crippen molar-refractivity contribution in [1.29, 1.82) is 0 Å². The SMILES string of the molecule is NC(=O)OC1CCCc2ccc(-c3ccc(F)c(F)c3)cc21. The zero-order valence-electron chi connectivity index (χ0n) is 11.8. The highest BCUT2D eigenvalue weighted by atomic mass is 19.2. The van der Waals surface area contributed by atoms with Gasteiger partial charge in [-0.05, 0) is 59.7 Å². The third kappa shape index (κ3) is 2.79. The normalized spacial score (nSPS) is 16.9. The van der Waals surface area contributed by atoms with Crippen molar-refractivity contribution in [3.8, 4) is 11.1 Å². The number of fused-ring (bicyclic) bond motifs is 1. The minimum atomic E-state index is -0.889. The van der Waals surface area contributed by atoms with E-state index in [4.69, 9.17) is 10.5 Å². The standard InChI is InChI=1S/C17H15F2NO2/c18-14-7-6-12(9-15(14)19)11-5-4-10-2-1-3-16(13(10)8-11)22-17(20)21/h4-9,16H,1-3H2,(H2,20,21). The average molecular weight is 303 g/mol. The molecule has 22 heavy (non-hydrogen) atoms. The molecule has 114 valence electrons. The van der Waals surface area contributed by atoms with Crippen molar-refractivity contribution in [2.45, 2.75) is 25.4 Å². The minimum Gasteiger partial charge on any atom is -0.442 e. The zero-order valence-corrected chi connectivity index (χ0v) is 11.8. The summed E-state index contributed by atoms with van der Waals surface area (Å²) in [6.45, 7) is 0. The smallest absolute Gasteiger partial charge is 0.405 e. The topological polar surface area (TPSA) is 52.3 Å². The highest BCUT2D eigenvalue weighted by Crippen LogP contribution is 2.35. The van der Waals surface area contributed by atoms with Crippen LogP contribution in [-0.2, 0) is 11.2 Å². The van der Waals surface area contributed by atoms with Crippen LogP contribution in [0.2, 0.25) is 0 Å². The summed E-state index contributed by atoms with van der Waals surface area (Å²) in [4.78, 5) is 11.0. The zero-order chi connectivity index (χ0) is 15.7. The molecule has 0 fully saturated rings. The molecule has 0 radical (unpaired) electrons. The molecule has 2 aromatic rings. The van der Waals surface area contributed by atoms with Crippen LogP contribution in [0.4, 0.5) is 13.6 Å². The third-order valence-electron chi connectivity index (χ3n) is 3.92. The van der Waals surface area contributed by atoms with Crippen LogP contribution in [0.25, 0.3) is 11.1 Å². The first-order chi connectivity index (χ1) is 10.5. The first-order valence-electron chi connectivity index (χ1n) is 7.09. The van der Waals surface area contributed by atoms with E-state index in [1.54, 1.807) is 0 Å². The van der Waals surface area contributed by atoms with Gasteiger partial charge in [0, 0.05) is 0 Å². The third-order valence-corrected chi connectivity index (χ3v) is 3.92. The molecule has 0 saturated carbocycles. The quantitative estimate of drug-likeness (QED) is 0.908. The first-order valence-corrected chi connectivity index (χ1v) is 7.09. The van der Waals surface area contributed by atoms with Crippen LogP contribution in [0.3, 0.4) is 0 Å². The van der Waals surface area contributed by atoms with Gasteiger partial charge in [-0.2, -0.15) is 0 Å². The second-order valence-electron chi connectivity index (χ2n) is 5.36. The molecule has 1 amide bonds. The van der Waals surface area contributed by atoms with Crippen LogP contribution in [0.15, 0.2) is 36.4 Å². The van der Waals surface area contributed by atoms with E-state index in [1.807, 2.05) is 18.2 Å². The number of aryl methyl sites for hydroxylation is 1. The summed E-state index contributed by atoms with van der Waals surface area (Å²) in [6.07, 6.45) is 1.32. The predicted octanol–water partition coefficient (Wildman–Crippen LogP) is 4.10. The highest BCUT2D eigenvalue weighted by Gasteiger charge is 2.23. The number of rotatable bonds is 2. The molecule has 0 saturated heterocycles. The molecule has 1 unspecified atom stereocenters. The Kier molecular flexibility index (Phi) is 3.79. The predicted molar refractivity (Wildman–Crippen MR) is 78.1 cm³/mol. The van der Waals surface area contributed by atoms with Gasteiger partial charge in [0.05, 0.1) is 0 Å². The van der Waals surface area contributed by atoms with Crippen molar-refractivity contribution < 1.29 is 18.3 Å². The maximum Gasteiger partial charge on any atom is 0.405 e. The van der Waals surface area contributed by atoms with Crippen molar-refractivity contribution in [3.05, 3.63) is 59.2 Å². The number of carbonyl (C=O) groups excluding carboxylic acids is 1. The monoisotopic (exact) mass is 303 g/mol. The second kappa shape index (κ2) is 5.75. The number of amides is 1. The summed E-state index contributed by atoms with van der Waals surface area (Å²) in [5.74, 6) is -1.77. The van der Waals surface area contributed by atoms with Gasteiger partial charge in [0.15, 0.2) is 11.6 Å². The number of nitrogens with two attached hydrogens (primary N) is 1. The van der Waals surface area contributed by atoms with E-state index in [0.29, 0.717) is 12.0 Å². The van der Waals surface area contributed by atoms with E-state index >= 15 is 0 Å². The largest absolute Gasteiger partial charge is 0.442 e. The fraction of sp³-hybridized carbons (Fsp3) is 0.235. The van der Waals surface area contributed by atoms with E-state index in [1.165, 1.54) is 6.07 Å². The molecule has 3 nitrogen and oxygen atoms in total. The summed E-state index contributed by atoms with van der Waals surface area (Å²) in [6, 6.07) is 9.42. The van der Waals surface area contributed by atoms with Gasteiger partial charge in [-0.1, -0.05) is 18.2 Å². The van der Waals surface area contributed by atoms with Gasteiger partial charge >= 0.3 is 6.09 Å². The van der Waals surface area contributed by atoms with Gasteiger partial charge in [0.1, 0.15) is 6.10 Å². The Labute approximate surface area is 126 Å². The molecular formula is C17H15F2NO2. The molecule has 0 heterocycles. The first kappa shape index (κ1) is 14.5. The average Bonchev–Trinajstić information content (AvgIpc) is 2.49. The van der Waals surface area contributed by atoms with Crippen molar-refractivity contribution >= 4 is 6.09 Å². The number of primary amides is 1. The number of hydrogen-bond donors (Lipinski definition) is 1. The number of carbonyl (C=O) groups is 1.